The molecular weight excluding hydrogens is 287 g/mol. The highest BCUT2D eigenvalue weighted by molar-refractivity contribution is 5.90. The third-order valence-electron chi connectivity index (χ3n) is 3.60. The van der Waals surface area contributed by atoms with E-state index in [0.29, 0.717) is 43.3 Å². The van der Waals surface area contributed by atoms with Gasteiger partial charge in [-0.2, -0.15) is 0 Å². The Bertz CT molecular complexity index is 506. The number of hydrogen-bond donors (Lipinski definition) is 3. The van der Waals surface area contributed by atoms with Gasteiger partial charge in [0.1, 0.15) is 11.6 Å². The highest BCUT2D eigenvalue weighted by atomic mass is 19.1. The van der Waals surface area contributed by atoms with E-state index in [-0.39, 0.29) is 0 Å². The number of rotatable bonds is 8. The summed E-state index contributed by atoms with van der Waals surface area (Å²) in [5, 5.41) is 14.7. The van der Waals surface area contributed by atoms with Crippen molar-refractivity contribution in [1.82, 2.24) is 5.32 Å². The fraction of sp³-hybridized carbons (Fsp3) is 0.562. The van der Waals surface area contributed by atoms with Crippen LogP contribution in [0.15, 0.2) is 18.2 Å². The average Bonchev–Trinajstić information content (AvgIpc) is 3.31. The Hall–Kier alpha value is -1.82. The van der Waals surface area contributed by atoms with Crippen LogP contribution < -0.4 is 15.4 Å². The van der Waals surface area contributed by atoms with Crippen LogP contribution in [0.5, 0.6) is 5.75 Å². The van der Waals surface area contributed by atoms with Crippen molar-refractivity contribution < 1.29 is 19.0 Å². The topological polar surface area (TPSA) is 70.6 Å². The smallest absolute Gasteiger partial charge is 0.319 e. The van der Waals surface area contributed by atoms with Crippen molar-refractivity contribution in [3.05, 3.63) is 24.0 Å². The normalized spacial score (nSPS) is 15.2. The third-order valence-corrected chi connectivity index (χ3v) is 3.60. The van der Waals surface area contributed by atoms with Gasteiger partial charge in [0, 0.05) is 12.6 Å². The Morgan fingerprint density at radius 2 is 2.27 bits per heavy atom. The molecule has 22 heavy (non-hydrogen) atoms. The first-order valence-corrected chi connectivity index (χ1v) is 7.73. The van der Waals surface area contributed by atoms with E-state index in [0.717, 1.165) is 12.8 Å². The Morgan fingerprint density at radius 3 is 2.95 bits per heavy atom. The predicted molar refractivity (Wildman–Crippen MR) is 82.6 cm³/mol. The van der Waals surface area contributed by atoms with Gasteiger partial charge in [-0.05, 0) is 43.7 Å². The molecule has 2 rings (SSSR count). The molecule has 5 nitrogen and oxygen atoms in total. The molecule has 1 saturated carbocycles. The van der Waals surface area contributed by atoms with E-state index in [2.05, 4.69) is 10.6 Å². The van der Waals surface area contributed by atoms with E-state index < -0.39 is 18.0 Å². The van der Waals surface area contributed by atoms with Crippen LogP contribution in [0.3, 0.4) is 0 Å². The Labute approximate surface area is 129 Å². The van der Waals surface area contributed by atoms with Crippen LogP contribution in [0.1, 0.15) is 32.6 Å². The zero-order chi connectivity index (χ0) is 15.9. The fourth-order valence-electron chi connectivity index (χ4n) is 1.93. The molecule has 0 aromatic heterocycles. The quantitative estimate of drug-likeness (QED) is 0.691. The summed E-state index contributed by atoms with van der Waals surface area (Å²) in [7, 11) is 0. The first-order valence-electron chi connectivity index (χ1n) is 7.73. The minimum Gasteiger partial charge on any atom is -0.491 e. The molecule has 6 heteroatoms. The van der Waals surface area contributed by atoms with Gasteiger partial charge in [0.25, 0.3) is 0 Å². The zero-order valence-corrected chi connectivity index (χ0v) is 12.8. The molecular formula is C16H23FN2O3. The lowest BCUT2D eigenvalue weighted by atomic mass is 10.2. The van der Waals surface area contributed by atoms with Crippen LogP contribution in [-0.2, 0) is 0 Å². The maximum atomic E-state index is 13.3. The van der Waals surface area contributed by atoms with Gasteiger partial charge >= 0.3 is 6.03 Å². The predicted octanol–water partition coefficient (Wildman–Crippen LogP) is 2.90. The number of anilines is 1. The van der Waals surface area contributed by atoms with Crippen LogP contribution in [-0.4, -0.2) is 30.4 Å². The van der Waals surface area contributed by atoms with Crippen molar-refractivity contribution in [2.75, 3.05) is 18.5 Å². The fourth-order valence-corrected chi connectivity index (χ4v) is 1.93. The summed E-state index contributed by atoms with van der Waals surface area (Å²) in [5.41, 5.74) is 0.440. The number of carbonyl (C=O) groups is 1. The summed E-state index contributed by atoms with van der Waals surface area (Å²) < 4.78 is 18.9. The summed E-state index contributed by atoms with van der Waals surface area (Å²) >= 11 is 0. The van der Waals surface area contributed by atoms with Crippen molar-refractivity contribution in [2.45, 2.75) is 38.7 Å². The van der Waals surface area contributed by atoms with Crippen molar-refractivity contribution in [3.8, 4) is 5.75 Å². The number of urea groups is 1. The van der Waals surface area contributed by atoms with Gasteiger partial charge in [-0.1, -0.05) is 6.92 Å². The summed E-state index contributed by atoms with van der Waals surface area (Å²) in [4.78, 5) is 11.8. The van der Waals surface area contributed by atoms with Gasteiger partial charge < -0.3 is 20.5 Å². The molecule has 0 saturated heterocycles. The minimum absolute atomic E-state index is 0.343. The third kappa shape index (κ3) is 5.52. The molecule has 0 heterocycles. The van der Waals surface area contributed by atoms with E-state index in [1.54, 1.807) is 0 Å². The number of ether oxygens (including phenoxy) is 1. The molecule has 122 valence electrons. The van der Waals surface area contributed by atoms with Crippen LogP contribution in [0.4, 0.5) is 14.9 Å². The second-order valence-electron chi connectivity index (χ2n) is 5.63. The Balaban J connectivity index is 1.85. The lowest BCUT2D eigenvalue weighted by molar-refractivity contribution is 0.160. The maximum Gasteiger partial charge on any atom is 0.319 e. The molecule has 1 aromatic rings. The molecule has 1 fully saturated rings. The number of aliphatic hydroxyl groups is 1. The van der Waals surface area contributed by atoms with E-state index >= 15 is 0 Å². The van der Waals surface area contributed by atoms with Crippen LogP contribution in [0.25, 0.3) is 0 Å². The van der Waals surface area contributed by atoms with Gasteiger partial charge in [0.15, 0.2) is 0 Å². The first kappa shape index (κ1) is 16.5. The zero-order valence-electron chi connectivity index (χ0n) is 12.8. The second kappa shape index (κ2) is 7.98. The van der Waals surface area contributed by atoms with Gasteiger partial charge in [-0.15, -0.1) is 0 Å². The number of halogens is 1. The van der Waals surface area contributed by atoms with E-state index in [9.17, 15) is 14.3 Å². The summed E-state index contributed by atoms with van der Waals surface area (Å²) in [6, 6.07) is 3.64. The highest BCUT2D eigenvalue weighted by Gasteiger charge is 2.22. The largest absolute Gasteiger partial charge is 0.491 e. The summed E-state index contributed by atoms with van der Waals surface area (Å²) in [6.07, 6.45) is 3.01. The van der Waals surface area contributed by atoms with Gasteiger partial charge in [0.05, 0.1) is 18.4 Å². The lowest BCUT2D eigenvalue weighted by Gasteiger charge is -2.14. The minimum atomic E-state index is -0.413. The Kier molecular flexibility index (Phi) is 6.00. The molecule has 0 radical (unpaired) electrons. The molecule has 1 atom stereocenters. The average molecular weight is 310 g/mol. The molecule has 1 aliphatic rings. The highest BCUT2D eigenvalue weighted by Crippen LogP contribution is 2.32. The number of amides is 2. The Morgan fingerprint density at radius 1 is 1.50 bits per heavy atom. The molecule has 1 aliphatic carbocycles. The van der Waals surface area contributed by atoms with Gasteiger partial charge in [-0.25, -0.2) is 9.18 Å². The second-order valence-corrected chi connectivity index (χ2v) is 5.63. The van der Waals surface area contributed by atoms with E-state index in [1.165, 1.54) is 18.2 Å². The monoisotopic (exact) mass is 310 g/mol. The first-order chi connectivity index (χ1) is 10.6. The van der Waals surface area contributed by atoms with Gasteiger partial charge in [0.2, 0.25) is 0 Å². The maximum absolute atomic E-state index is 13.3. The standard InChI is InChI=1S/C16H23FN2O3/c1-2-13(20)7-8-18-16(21)19-14-6-5-12(17)9-15(14)22-10-11-3-4-11/h5-6,9,11,13,20H,2-4,7-8,10H2,1H3,(H2,18,19,21). The van der Waals surface area contributed by atoms with Crippen LogP contribution in [0.2, 0.25) is 0 Å². The van der Waals surface area contributed by atoms with E-state index in [1.807, 2.05) is 6.92 Å². The van der Waals surface area contributed by atoms with Crippen molar-refractivity contribution >= 4 is 11.7 Å². The SMILES string of the molecule is CCC(O)CCNC(=O)Nc1ccc(F)cc1OCC1CC1. The molecule has 0 bridgehead atoms. The number of hydrogen-bond acceptors (Lipinski definition) is 3. The lowest BCUT2D eigenvalue weighted by Crippen LogP contribution is -2.31. The molecule has 3 N–H and O–H groups in total. The molecule has 0 aliphatic heterocycles. The molecule has 1 unspecified atom stereocenters. The van der Waals surface area contributed by atoms with Gasteiger partial charge in [-0.3, -0.25) is 0 Å². The van der Waals surface area contributed by atoms with Crippen LogP contribution >= 0.6 is 0 Å². The van der Waals surface area contributed by atoms with E-state index in [4.69, 9.17) is 4.74 Å². The van der Waals surface area contributed by atoms with Crippen molar-refractivity contribution in [2.24, 2.45) is 5.92 Å². The number of nitrogens with one attached hydrogen (secondary N) is 2. The number of carbonyl (C=O) groups excluding carboxylic acids is 1. The summed E-state index contributed by atoms with van der Waals surface area (Å²) in [5.74, 6) is 0.485. The number of aliphatic hydroxyl groups excluding tert-OH is 1. The van der Waals surface area contributed by atoms with Crippen molar-refractivity contribution in [1.29, 1.82) is 0 Å². The van der Waals surface area contributed by atoms with Crippen LogP contribution in [0, 0.1) is 11.7 Å². The molecule has 1 aromatic carbocycles. The van der Waals surface area contributed by atoms with Crippen molar-refractivity contribution in [3.63, 3.8) is 0 Å². The summed E-state index contributed by atoms with van der Waals surface area (Å²) in [6.45, 7) is 2.80. The number of benzene rings is 1. The molecule has 2 amide bonds. The molecule has 0 spiro atoms.